The minimum atomic E-state index is 0.0285. The Morgan fingerprint density at radius 2 is 1.61 bits per heavy atom. The van der Waals surface area contributed by atoms with Crippen LogP contribution in [0.2, 0.25) is 0 Å². The summed E-state index contributed by atoms with van der Waals surface area (Å²) in [6.07, 6.45) is 4.90. The van der Waals surface area contributed by atoms with Crippen LogP contribution in [0.3, 0.4) is 0 Å². The molecule has 0 radical (unpaired) electrons. The van der Waals surface area contributed by atoms with Crippen molar-refractivity contribution in [2.24, 2.45) is 0 Å². The quantitative estimate of drug-likeness (QED) is 0.725. The molecule has 1 saturated heterocycles. The molecule has 0 unspecified atom stereocenters. The van der Waals surface area contributed by atoms with Gasteiger partial charge in [-0.15, -0.1) is 0 Å². The number of ketones is 1. The first-order valence-corrected chi connectivity index (χ1v) is 11.5. The van der Waals surface area contributed by atoms with Gasteiger partial charge in [-0.25, -0.2) is 0 Å². The van der Waals surface area contributed by atoms with Crippen molar-refractivity contribution in [3.8, 4) is 0 Å². The molecule has 31 heavy (non-hydrogen) atoms. The monoisotopic (exact) mass is 419 g/mol. The number of hydrogen-bond acceptors (Lipinski definition) is 4. The summed E-state index contributed by atoms with van der Waals surface area (Å²) in [6.45, 7) is 7.58. The zero-order chi connectivity index (χ0) is 21.8. The second-order valence-electron chi connectivity index (χ2n) is 8.89. The smallest absolute Gasteiger partial charge is 0.234 e. The Hall–Kier alpha value is -2.66. The van der Waals surface area contributed by atoms with Crippen molar-refractivity contribution < 1.29 is 9.59 Å². The first-order valence-electron chi connectivity index (χ1n) is 11.5. The highest BCUT2D eigenvalue weighted by Gasteiger charge is 2.21. The molecule has 1 heterocycles. The highest BCUT2D eigenvalue weighted by Crippen LogP contribution is 2.25. The molecule has 0 bridgehead atoms. The molecule has 164 valence electrons. The molecule has 2 aromatic carbocycles. The lowest BCUT2D eigenvalue weighted by Crippen LogP contribution is -2.49. The van der Waals surface area contributed by atoms with E-state index in [1.54, 1.807) is 6.92 Å². The molecule has 0 spiro atoms. The van der Waals surface area contributed by atoms with Gasteiger partial charge in [-0.05, 0) is 80.5 Å². The lowest BCUT2D eigenvalue weighted by atomic mass is 9.89. The maximum absolute atomic E-state index is 12.6. The van der Waals surface area contributed by atoms with Crippen LogP contribution in [-0.4, -0.2) is 49.3 Å². The number of hydrogen-bond donors (Lipinski definition) is 1. The van der Waals surface area contributed by atoms with Crippen molar-refractivity contribution in [2.45, 2.75) is 45.6 Å². The van der Waals surface area contributed by atoms with Gasteiger partial charge in [-0.3, -0.25) is 14.5 Å². The van der Waals surface area contributed by atoms with E-state index >= 15 is 0 Å². The van der Waals surface area contributed by atoms with E-state index in [-0.39, 0.29) is 17.7 Å². The zero-order valence-corrected chi connectivity index (χ0v) is 18.7. The van der Waals surface area contributed by atoms with Gasteiger partial charge in [-0.2, -0.15) is 0 Å². The van der Waals surface area contributed by atoms with Gasteiger partial charge in [0.2, 0.25) is 5.91 Å². The van der Waals surface area contributed by atoms with E-state index in [4.69, 9.17) is 0 Å². The molecule has 1 amide bonds. The number of piperazine rings is 1. The summed E-state index contributed by atoms with van der Waals surface area (Å²) in [5.74, 6) is 0.177. The molecule has 0 saturated carbocycles. The van der Waals surface area contributed by atoms with Crippen LogP contribution in [0.15, 0.2) is 42.5 Å². The number of aryl methyl sites for hydroxylation is 2. The van der Waals surface area contributed by atoms with Crippen LogP contribution in [0.5, 0.6) is 0 Å². The van der Waals surface area contributed by atoms with Gasteiger partial charge in [0.15, 0.2) is 5.78 Å². The molecule has 2 aliphatic rings. The second-order valence-corrected chi connectivity index (χ2v) is 8.89. The van der Waals surface area contributed by atoms with Gasteiger partial charge in [-0.1, -0.05) is 18.2 Å². The molecule has 5 heteroatoms. The van der Waals surface area contributed by atoms with Gasteiger partial charge in [0.1, 0.15) is 0 Å². The normalized spacial score (nSPS) is 17.7. The van der Waals surface area contributed by atoms with E-state index in [2.05, 4.69) is 40.2 Å². The van der Waals surface area contributed by atoms with Crippen LogP contribution in [0.4, 0.5) is 5.69 Å². The standard InChI is InChI=1S/C26H33N3O2/c1-19(23-8-7-22-5-3-4-6-24(22)17-23)27-26(31)18-28-13-15-29(16-14-28)25-11-9-21(10-12-25)20(2)30/h7-12,17,19H,3-6,13-16,18H2,1-2H3,(H,27,31)/t19-/m0/s1. The Morgan fingerprint density at radius 3 is 2.29 bits per heavy atom. The Bertz CT molecular complexity index is 930. The minimum absolute atomic E-state index is 0.0285. The molecular formula is C26H33N3O2. The SMILES string of the molecule is CC(=O)c1ccc(N2CCN(CC(=O)N[C@@H](C)c3ccc4c(c3)CCCC4)CC2)cc1. The summed E-state index contributed by atoms with van der Waals surface area (Å²) < 4.78 is 0. The topological polar surface area (TPSA) is 52.7 Å². The van der Waals surface area contributed by atoms with Crippen LogP contribution < -0.4 is 10.2 Å². The summed E-state index contributed by atoms with van der Waals surface area (Å²) in [7, 11) is 0. The fraction of sp³-hybridized carbons (Fsp3) is 0.462. The van der Waals surface area contributed by atoms with Crippen LogP contribution in [0.25, 0.3) is 0 Å². The number of rotatable bonds is 6. The number of amides is 1. The van der Waals surface area contributed by atoms with E-state index in [0.29, 0.717) is 6.54 Å². The molecule has 1 N–H and O–H groups in total. The number of carbonyl (C=O) groups is 2. The number of fused-ring (bicyclic) bond motifs is 1. The maximum Gasteiger partial charge on any atom is 0.234 e. The van der Waals surface area contributed by atoms with Crippen molar-refractivity contribution in [3.05, 3.63) is 64.7 Å². The average Bonchev–Trinajstić information content (AvgIpc) is 2.79. The molecule has 1 fully saturated rings. The molecule has 0 aromatic heterocycles. The predicted octanol–water partition coefficient (Wildman–Crippen LogP) is 3.77. The van der Waals surface area contributed by atoms with Gasteiger partial charge in [0.05, 0.1) is 12.6 Å². The molecule has 1 aliphatic heterocycles. The largest absolute Gasteiger partial charge is 0.369 e. The van der Waals surface area contributed by atoms with Gasteiger partial charge < -0.3 is 10.2 Å². The number of anilines is 1. The highest BCUT2D eigenvalue weighted by atomic mass is 16.2. The first-order chi connectivity index (χ1) is 15.0. The lowest BCUT2D eigenvalue weighted by molar-refractivity contribution is -0.123. The Morgan fingerprint density at radius 1 is 0.935 bits per heavy atom. The van der Waals surface area contributed by atoms with Gasteiger partial charge in [0.25, 0.3) is 0 Å². The zero-order valence-electron chi connectivity index (χ0n) is 18.7. The first kappa shape index (κ1) is 21.6. The minimum Gasteiger partial charge on any atom is -0.369 e. The number of benzene rings is 2. The van der Waals surface area contributed by atoms with Crippen molar-refractivity contribution in [3.63, 3.8) is 0 Å². The summed E-state index contributed by atoms with van der Waals surface area (Å²) >= 11 is 0. The summed E-state index contributed by atoms with van der Waals surface area (Å²) in [4.78, 5) is 28.6. The van der Waals surface area contributed by atoms with E-state index in [1.807, 2.05) is 24.3 Å². The van der Waals surface area contributed by atoms with Crippen molar-refractivity contribution >= 4 is 17.4 Å². The lowest BCUT2D eigenvalue weighted by Gasteiger charge is -2.36. The van der Waals surface area contributed by atoms with Crippen LogP contribution >= 0.6 is 0 Å². The molecule has 4 rings (SSSR count). The van der Waals surface area contributed by atoms with Gasteiger partial charge >= 0.3 is 0 Å². The number of Topliss-reactive ketones (excluding diaryl/α,β-unsaturated/α-hetero) is 1. The fourth-order valence-electron chi connectivity index (χ4n) is 4.67. The summed E-state index contributed by atoms with van der Waals surface area (Å²) in [6, 6.07) is 14.5. The third-order valence-corrected chi connectivity index (χ3v) is 6.63. The highest BCUT2D eigenvalue weighted by molar-refractivity contribution is 5.94. The molecule has 1 aliphatic carbocycles. The van der Waals surface area contributed by atoms with Crippen molar-refractivity contribution in [1.29, 1.82) is 0 Å². The predicted molar refractivity (Wildman–Crippen MR) is 125 cm³/mol. The summed E-state index contributed by atoms with van der Waals surface area (Å²) in [5.41, 5.74) is 6.01. The van der Waals surface area contributed by atoms with E-state index in [0.717, 1.165) is 43.9 Å². The Balaban J connectivity index is 1.25. The van der Waals surface area contributed by atoms with Gasteiger partial charge in [0, 0.05) is 37.4 Å². The fourth-order valence-corrected chi connectivity index (χ4v) is 4.67. The molecule has 1 atom stereocenters. The number of carbonyl (C=O) groups excluding carboxylic acids is 2. The molecular weight excluding hydrogens is 386 g/mol. The van der Waals surface area contributed by atoms with Crippen molar-refractivity contribution in [1.82, 2.24) is 10.2 Å². The molecule has 5 nitrogen and oxygen atoms in total. The van der Waals surface area contributed by atoms with Crippen LogP contribution in [-0.2, 0) is 17.6 Å². The third-order valence-electron chi connectivity index (χ3n) is 6.63. The second kappa shape index (κ2) is 9.65. The van der Waals surface area contributed by atoms with E-state index < -0.39 is 0 Å². The number of nitrogens with one attached hydrogen (secondary N) is 1. The van der Waals surface area contributed by atoms with Crippen LogP contribution in [0.1, 0.15) is 59.8 Å². The Kier molecular flexibility index (Phi) is 6.71. The van der Waals surface area contributed by atoms with Crippen LogP contribution in [0, 0.1) is 0 Å². The Labute approximate surface area is 185 Å². The maximum atomic E-state index is 12.6. The van der Waals surface area contributed by atoms with Crippen molar-refractivity contribution in [2.75, 3.05) is 37.6 Å². The van der Waals surface area contributed by atoms with E-state index in [9.17, 15) is 9.59 Å². The molecule has 2 aromatic rings. The van der Waals surface area contributed by atoms with E-state index in [1.165, 1.54) is 36.0 Å². The summed E-state index contributed by atoms with van der Waals surface area (Å²) in [5, 5.41) is 3.18. The third kappa shape index (κ3) is 5.34. The average molecular weight is 420 g/mol. The number of nitrogens with zero attached hydrogens (tertiary/aromatic N) is 2.